The maximum absolute atomic E-state index is 12.5. The molecule has 3 aromatic rings. The number of azo groups is 1. The van der Waals surface area contributed by atoms with Crippen LogP contribution in [0.3, 0.4) is 0 Å². The second-order valence-electron chi connectivity index (χ2n) is 5.97. The van der Waals surface area contributed by atoms with Gasteiger partial charge in [0, 0.05) is 5.69 Å². The molecule has 2 N–H and O–H groups in total. The van der Waals surface area contributed by atoms with Gasteiger partial charge in [0.05, 0.1) is 21.8 Å². The predicted octanol–water partition coefficient (Wildman–Crippen LogP) is 4.91. The van der Waals surface area contributed by atoms with E-state index >= 15 is 0 Å². The number of aryl methyl sites for hydroxylation is 1. The molecule has 0 atom stereocenters. The van der Waals surface area contributed by atoms with Gasteiger partial charge < -0.3 is 5.11 Å². The summed E-state index contributed by atoms with van der Waals surface area (Å²) in [5.74, 6) is -1.18. The first kappa shape index (κ1) is 19.2. The van der Waals surface area contributed by atoms with Gasteiger partial charge in [-0.05, 0) is 61.0 Å². The highest BCUT2D eigenvalue weighted by Gasteiger charge is 2.18. The summed E-state index contributed by atoms with van der Waals surface area (Å²) in [5.41, 5.74) is 2.03. The van der Waals surface area contributed by atoms with Gasteiger partial charge in [0.15, 0.2) is 0 Å². The van der Waals surface area contributed by atoms with Gasteiger partial charge in [0.25, 0.3) is 10.0 Å². The van der Waals surface area contributed by atoms with E-state index in [-0.39, 0.29) is 10.5 Å². The summed E-state index contributed by atoms with van der Waals surface area (Å²) >= 11 is 0. The third kappa shape index (κ3) is 4.60. The average molecular weight is 395 g/mol. The maximum Gasteiger partial charge on any atom is 0.335 e. The van der Waals surface area contributed by atoms with E-state index in [1.54, 1.807) is 31.2 Å². The van der Waals surface area contributed by atoms with E-state index in [9.17, 15) is 18.3 Å². The number of carboxylic acid groups (broad SMARTS) is 1. The monoisotopic (exact) mass is 395 g/mol. The van der Waals surface area contributed by atoms with Crippen LogP contribution in [0.4, 0.5) is 17.1 Å². The van der Waals surface area contributed by atoms with Gasteiger partial charge in [-0.3, -0.25) is 4.72 Å². The molecule has 8 heteroatoms. The highest BCUT2D eigenvalue weighted by molar-refractivity contribution is 7.92. The molecule has 0 aliphatic heterocycles. The summed E-state index contributed by atoms with van der Waals surface area (Å²) in [7, 11) is -3.92. The Morgan fingerprint density at radius 2 is 1.50 bits per heavy atom. The van der Waals surface area contributed by atoms with Crippen molar-refractivity contribution >= 4 is 33.1 Å². The highest BCUT2D eigenvalue weighted by Crippen LogP contribution is 2.23. The van der Waals surface area contributed by atoms with Crippen molar-refractivity contribution in [1.29, 1.82) is 0 Å². The lowest BCUT2D eigenvalue weighted by Crippen LogP contribution is -2.14. The van der Waals surface area contributed by atoms with Crippen molar-refractivity contribution in [1.82, 2.24) is 0 Å². The van der Waals surface area contributed by atoms with Gasteiger partial charge in [-0.2, -0.15) is 10.2 Å². The van der Waals surface area contributed by atoms with E-state index in [1.807, 2.05) is 30.3 Å². The second kappa shape index (κ2) is 8.01. The zero-order valence-electron chi connectivity index (χ0n) is 14.9. The maximum atomic E-state index is 12.5. The largest absolute Gasteiger partial charge is 0.478 e. The van der Waals surface area contributed by atoms with Crippen LogP contribution in [0.15, 0.2) is 87.9 Å². The third-order valence-electron chi connectivity index (χ3n) is 3.91. The Bertz CT molecular complexity index is 1130. The predicted molar refractivity (Wildman–Crippen MR) is 106 cm³/mol. The van der Waals surface area contributed by atoms with Crippen molar-refractivity contribution in [3.63, 3.8) is 0 Å². The first-order valence-corrected chi connectivity index (χ1v) is 9.77. The van der Waals surface area contributed by atoms with Gasteiger partial charge in [-0.15, -0.1) is 0 Å². The first-order valence-electron chi connectivity index (χ1n) is 8.29. The molecule has 0 radical (unpaired) electrons. The zero-order chi connectivity index (χ0) is 20.1. The van der Waals surface area contributed by atoms with Gasteiger partial charge >= 0.3 is 5.97 Å². The molecule has 7 nitrogen and oxygen atoms in total. The molecule has 0 spiro atoms. The summed E-state index contributed by atoms with van der Waals surface area (Å²) in [6.45, 7) is 1.61. The topological polar surface area (TPSA) is 108 Å². The number of sulfonamides is 1. The van der Waals surface area contributed by atoms with Crippen LogP contribution in [0.25, 0.3) is 0 Å². The highest BCUT2D eigenvalue weighted by atomic mass is 32.2. The first-order chi connectivity index (χ1) is 13.3. The third-order valence-corrected chi connectivity index (χ3v) is 5.29. The molecule has 0 heterocycles. The number of hydrogen-bond donors (Lipinski definition) is 2. The van der Waals surface area contributed by atoms with Crippen LogP contribution < -0.4 is 4.72 Å². The van der Waals surface area contributed by atoms with Crippen LogP contribution in [0.2, 0.25) is 0 Å². The van der Waals surface area contributed by atoms with E-state index in [4.69, 9.17) is 0 Å². The van der Waals surface area contributed by atoms with E-state index in [0.717, 1.165) is 6.07 Å². The van der Waals surface area contributed by atoms with E-state index < -0.39 is 16.0 Å². The lowest BCUT2D eigenvalue weighted by molar-refractivity contribution is 0.0696. The Labute approximate surface area is 162 Å². The number of carbonyl (C=O) groups is 1. The minimum atomic E-state index is -3.92. The number of anilines is 1. The van der Waals surface area contributed by atoms with Gasteiger partial charge in [-0.25, -0.2) is 13.2 Å². The molecule has 0 aliphatic rings. The molecule has 0 fully saturated rings. The second-order valence-corrected chi connectivity index (χ2v) is 7.65. The quantitative estimate of drug-likeness (QED) is 0.578. The van der Waals surface area contributed by atoms with Crippen LogP contribution in [-0.4, -0.2) is 19.5 Å². The lowest BCUT2D eigenvalue weighted by atomic mass is 10.1. The van der Waals surface area contributed by atoms with Gasteiger partial charge in [0.1, 0.15) is 0 Å². The number of benzene rings is 3. The van der Waals surface area contributed by atoms with Crippen LogP contribution in [-0.2, 0) is 10.0 Å². The van der Waals surface area contributed by atoms with E-state index in [2.05, 4.69) is 15.0 Å². The molecular weight excluding hydrogens is 378 g/mol. The summed E-state index contributed by atoms with van der Waals surface area (Å²) in [6.07, 6.45) is 0. The molecule has 0 amide bonds. The Balaban J connectivity index is 1.77. The fourth-order valence-corrected chi connectivity index (χ4v) is 3.50. The van der Waals surface area contributed by atoms with Crippen LogP contribution >= 0.6 is 0 Å². The Morgan fingerprint density at radius 3 is 2.11 bits per heavy atom. The molecule has 0 bridgehead atoms. The Kier molecular flexibility index (Phi) is 5.51. The molecule has 0 unspecified atom stereocenters. The van der Waals surface area contributed by atoms with Crippen molar-refractivity contribution in [2.45, 2.75) is 11.8 Å². The number of rotatable bonds is 6. The number of nitrogens with zero attached hydrogens (tertiary/aromatic N) is 2. The molecule has 28 heavy (non-hydrogen) atoms. The normalized spacial score (nSPS) is 11.5. The van der Waals surface area contributed by atoms with E-state index in [0.29, 0.717) is 22.6 Å². The van der Waals surface area contributed by atoms with Gasteiger partial charge in [0.2, 0.25) is 0 Å². The SMILES string of the molecule is Cc1ccc(S(=O)(=O)Nc2ccc(N=Nc3ccccc3)cc2)cc1C(=O)O. The standard InChI is InChI=1S/C20H17N3O4S/c1-14-7-12-18(13-19(14)20(24)25)28(26,27)23-17-10-8-16(9-11-17)22-21-15-5-3-2-4-6-15/h2-13,23H,1H3,(H,24,25). The van der Waals surface area contributed by atoms with Gasteiger partial charge in [-0.1, -0.05) is 24.3 Å². The summed E-state index contributed by atoms with van der Waals surface area (Å²) in [4.78, 5) is 11.1. The molecule has 142 valence electrons. The van der Waals surface area contributed by atoms with Crippen LogP contribution in [0, 0.1) is 6.92 Å². The summed E-state index contributed by atoms with van der Waals surface area (Å²) in [6, 6.07) is 19.6. The zero-order valence-corrected chi connectivity index (χ0v) is 15.7. The summed E-state index contributed by atoms with van der Waals surface area (Å²) in [5, 5.41) is 17.4. The van der Waals surface area contributed by atoms with E-state index in [1.165, 1.54) is 12.1 Å². The lowest BCUT2D eigenvalue weighted by Gasteiger charge is -2.10. The minimum Gasteiger partial charge on any atom is -0.478 e. The van der Waals surface area contributed by atoms with Crippen molar-refractivity contribution < 1.29 is 18.3 Å². The average Bonchev–Trinajstić information content (AvgIpc) is 2.68. The molecular formula is C20H17N3O4S. The molecule has 0 saturated heterocycles. The molecule has 3 rings (SSSR count). The molecule has 0 aromatic heterocycles. The minimum absolute atomic E-state index is 0.0560. The van der Waals surface area contributed by atoms with Crippen molar-refractivity contribution in [3.05, 3.63) is 83.9 Å². The number of hydrogen-bond acceptors (Lipinski definition) is 5. The fraction of sp³-hybridized carbons (Fsp3) is 0.0500. The van der Waals surface area contributed by atoms with Crippen LogP contribution in [0.5, 0.6) is 0 Å². The molecule has 0 aliphatic carbocycles. The Morgan fingerprint density at radius 1 is 0.893 bits per heavy atom. The smallest absolute Gasteiger partial charge is 0.335 e. The van der Waals surface area contributed by atoms with Crippen molar-refractivity contribution in [3.8, 4) is 0 Å². The fourth-order valence-electron chi connectivity index (χ4n) is 2.42. The number of nitrogens with one attached hydrogen (secondary N) is 1. The Hall–Kier alpha value is -3.52. The van der Waals surface area contributed by atoms with Crippen LogP contribution in [0.1, 0.15) is 15.9 Å². The molecule has 3 aromatic carbocycles. The number of aromatic carboxylic acids is 1. The van der Waals surface area contributed by atoms with Crippen molar-refractivity contribution in [2.24, 2.45) is 10.2 Å². The molecule has 0 saturated carbocycles. The number of carboxylic acids is 1. The van der Waals surface area contributed by atoms with Crippen molar-refractivity contribution in [2.75, 3.05) is 4.72 Å². The summed E-state index contributed by atoms with van der Waals surface area (Å²) < 4.78 is 27.5.